The Morgan fingerprint density at radius 2 is 2.00 bits per heavy atom. The minimum absolute atomic E-state index is 0.199. The summed E-state index contributed by atoms with van der Waals surface area (Å²) in [5.74, 6) is 0.828. The zero-order chi connectivity index (χ0) is 14.3. The van der Waals surface area contributed by atoms with Gasteiger partial charge in [0.2, 0.25) is 0 Å². The highest BCUT2D eigenvalue weighted by Crippen LogP contribution is 2.26. The first-order valence-corrected chi connectivity index (χ1v) is 6.89. The van der Waals surface area contributed by atoms with Crippen LogP contribution < -0.4 is 10.1 Å². The molecule has 0 heterocycles. The molecule has 1 aromatic rings. The van der Waals surface area contributed by atoms with E-state index in [1.807, 2.05) is 18.2 Å². The van der Waals surface area contributed by atoms with Gasteiger partial charge in [-0.2, -0.15) is 0 Å². The highest BCUT2D eigenvalue weighted by Gasteiger charge is 2.17. The third-order valence-corrected chi connectivity index (χ3v) is 3.54. The molecule has 0 unspecified atom stereocenters. The molecule has 1 N–H and O–H groups in total. The van der Waals surface area contributed by atoms with Crippen molar-refractivity contribution in [2.75, 3.05) is 27.4 Å². The van der Waals surface area contributed by atoms with Gasteiger partial charge in [-0.15, -0.1) is 0 Å². The van der Waals surface area contributed by atoms with Crippen LogP contribution in [0.3, 0.4) is 0 Å². The molecular weight excluding hydrogens is 262 g/mol. The molecule has 0 spiro atoms. The third kappa shape index (κ3) is 5.39. The lowest BCUT2D eigenvalue weighted by molar-refractivity contribution is 0.150. The molecule has 0 saturated heterocycles. The number of hydrogen-bond acceptors (Lipinski definition) is 3. The Morgan fingerprint density at radius 3 is 2.63 bits per heavy atom. The number of nitrogens with one attached hydrogen (secondary N) is 1. The molecule has 0 aromatic heterocycles. The van der Waals surface area contributed by atoms with Gasteiger partial charge in [-0.1, -0.05) is 31.5 Å². The monoisotopic (exact) mass is 285 g/mol. The predicted octanol–water partition coefficient (Wildman–Crippen LogP) is 3.50. The Kier molecular flexibility index (Phi) is 6.63. The largest absolute Gasteiger partial charge is 0.496 e. The SMILES string of the molecule is COCCC(C)(C)CNCc1c(Cl)cccc1OC. The van der Waals surface area contributed by atoms with Crippen LogP contribution in [0.5, 0.6) is 5.75 Å². The number of benzene rings is 1. The Hall–Kier alpha value is -0.770. The number of methoxy groups -OCH3 is 2. The average Bonchev–Trinajstić information content (AvgIpc) is 2.38. The van der Waals surface area contributed by atoms with Crippen LogP contribution in [-0.4, -0.2) is 27.4 Å². The summed E-state index contributed by atoms with van der Waals surface area (Å²) >= 11 is 6.20. The molecular formula is C15H24ClNO2. The maximum absolute atomic E-state index is 6.20. The van der Waals surface area contributed by atoms with Crippen LogP contribution in [-0.2, 0) is 11.3 Å². The molecule has 0 aliphatic carbocycles. The van der Waals surface area contributed by atoms with Crippen molar-refractivity contribution in [3.63, 3.8) is 0 Å². The zero-order valence-electron chi connectivity index (χ0n) is 12.3. The van der Waals surface area contributed by atoms with Crippen molar-refractivity contribution in [1.82, 2.24) is 5.32 Å². The molecule has 3 nitrogen and oxygen atoms in total. The van der Waals surface area contributed by atoms with Crippen molar-refractivity contribution < 1.29 is 9.47 Å². The van der Waals surface area contributed by atoms with Crippen molar-refractivity contribution in [2.24, 2.45) is 5.41 Å². The van der Waals surface area contributed by atoms with Crippen LogP contribution in [0.4, 0.5) is 0 Å². The van der Waals surface area contributed by atoms with E-state index in [1.165, 1.54) is 0 Å². The highest BCUT2D eigenvalue weighted by atomic mass is 35.5. The second-order valence-electron chi connectivity index (χ2n) is 5.43. The van der Waals surface area contributed by atoms with E-state index in [4.69, 9.17) is 21.1 Å². The molecule has 4 heteroatoms. The van der Waals surface area contributed by atoms with E-state index >= 15 is 0 Å². The quantitative estimate of drug-likeness (QED) is 0.793. The molecule has 0 fully saturated rings. The average molecular weight is 286 g/mol. The minimum Gasteiger partial charge on any atom is -0.496 e. The molecule has 0 aliphatic rings. The number of halogens is 1. The van der Waals surface area contributed by atoms with E-state index in [0.717, 1.165) is 35.9 Å². The van der Waals surface area contributed by atoms with E-state index in [2.05, 4.69) is 19.2 Å². The maximum atomic E-state index is 6.20. The lowest BCUT2D eigenvalue weighted by Crippen LogP contribution is -2.30. The first-order chi connectivity index (χ1) is 9.00. The molecule has 0 bridgehead atoms. The van der Waals surface area contributed by atoms with Gasteiger partial charge in [0.15, 0.2) is 0 Å². The van der Waals surface area contributed by atoms with Crippen molar-refractivity contribution in [1.29, 1.82) is 0 Å². The van der Waals surface area contributed by atoms with Crippen LogP contribution in [0.1, 0.15) is 25.8 Å². The summed E-state index contributed by atoms with van der Waals surface area (Å²) in [5, 5.41) is 4.18. The highest BCUT2D eigenvalue weighted by molar-refractivity contribution is 6.31. The van der Waals surface area contributed by atoms with Crippen LogP contribution in [0, 0.1) is 5.41 Å². The second-order valence-corrected chi connectivity index (χ2v) is 5.84. The van der Waals surface area contributed by atoms with Crippen molar-refractivity contribution in [3.05, 3.63) is 28.8 Å². The molecule has 0 amide bonds. The fourth-order valence-corrected chi connectivity index (χ4v) is 2.13. The summed E-state index contributed by atoms with van der Waals surface area (Å²) in [7, 11) is 3.40. The fourth-order valence-electron chi connectivity index (χ4n) is 1.89. The van der Waals surface area contributed by atoms with E-state index in [0.29, 0.717) is 6.54 Å². The summed E-state index contributed by atoms with van der Waals surface area (Å²) in [6, 6.07) is 5.71. The van der Waals surface area contributed by atoms with Crippen LogP contribution in [0.15, 0.2) is 18.2 Å². The zero-order valence-corrected chi connectivity index (χ0v) is 13.0. The van der Waals surface area contributed by atoms with E-state index in [1.54, 1.807) is 14.2 Å². The normalized spacial score (nSPS) is 11.6. The van der Waals surface area contributed by atoms with E-state index in [-0.39, 0.29) is 5.41 Å². The van der Waals surface area contributed by atoms with Gasteiger partial charge in [0.1, 0.15) is 5.75 Å². The first-order valence-electron chi connectivity index (χ1n) is 6.51. The van der Waals surface area contributed by atoms with Gasteiger partial charge in [0.25, 0.3) is 0 Å². The molecule has 0 atom stereocenters. The predicted molar refractivity (Wildman–Crippen MR) is 80.0 cm³/mol. The topological polar surface area (TPSA) is 30.5 Å². The Morgan fingerprint density at radius 1 is 1.26 bits per heavy atom. The molecule has 19 heavy (non-hydrogen) atoms. The minimum atomic E-state index is 0.199. The van der Waals surface area contributed by atoms with Gasteiger partial charge in [0.05, 0.1) is 7.11 Å². The number of rotatable bonds is 8. The summed E-state index contributed by atoms with van der Waals surface area (Å²) in [6.07, 6.45) is 1.02. The van der Waals surface area contributed by atoms with E-state index < -0.39 is 0 Å². The lowest BCUT2D eigenvalue weighted by Gasteiger charge is -2.25. The van der Waals surface area contributed by atoms with Gasteiger partial charge in [-0.05, 0) is 24.0 Å². The first kappa shape index (κ1) is 16.3. The van der Waals surface area contributed by atoms with Crippen LogP contribution in [0.2, 0.25) is 5.02 Å². The van der Waals surface area contributed by atoms with Gasteiger partial charge in [0, 0.05) is 37.4 Å². The smallest absolute Gasteiger partial charge is 0.124 e. The molecule has 0 aliphatic heterocycles. The van der Waals surface area contributed by atoms with Crippen molar-refractivity contribution in [2.45, 2.75) is 26.8 Å². The van der Waals surface area contributed by atoms with Crippen molar-refractivity contribution in [3.8, 4) is 5.75 Å². The maximum Gasteiger partial charge on any atom is 0.124 e. The van der Waals surface area contributed by atoms with Gasteiger partial charge >= 0.3 is 0 Å². The second kappa shape index (κ2) is 7.73. The standard InChI is InChI=1S/C15H24ClNO2/c1-15(2,8-9-18-3)11-17-10-12-13(16)6-5-7-14(12)19-4/h5-7,17H,8-11H2,1-4H3. The Bertz CT molecular complexity index is 394. The molecule has 1 rings (SSSR count). The molecule has 108 valence electrons. The lowest BCUT2D eigenvalue weighted by atomic mass is 9.89. The summed E-state index contributed by atoms with van der Waals surface area (Å²) in [4.78, 5) is 0. The summed E-state index contributed by atoms with van der Waals surface area (Å²) in [5.41, 5.74) is 1.21. The van der Waals surface area contributed by atoms with Gasteiger partial charge in [-0.25, -0.2) is 0 Å². The fraction of sp³-hybridized carbons (Fsp3) is 0.600. The summed E-state index contributed by atoms with van der Waals surface area (Å²) < 4.78 is 10.5. The third-order valence-electron chi connectivity index (χ3n) is 3.18. The van der Waals surface area contributed by atoms with Crippen LogP contribution >= 0.6 is 11.6 Å². The molecule has 1 aromatic carbocycles. The van der Waals surface area contributed by atoms with Crippen molar-refractivity contribution >= 4 is 11.6 Å². The number of ether oxygens (including phenoxy) is 2. The molecule has 0 radical (unpaired) electrons. The van der Waals surface area contributed by atoms with Gasteiger partial charge in [-0.3, -0.25) is 0 Å². The van der Waals surface area contributed by atoms with E-state index in [9.17, 15) is 0 Å². The molecule has 0 saturated carbocycles. The Labute approximate surface area is 121 Å². The van der Waals surface area contributed by atoms with Gasteiger partial charge < -0.3 is 14.8 Å². The number of hydrogen-bond donors (Lipinski definition) is 1. The Balaban J connectivity index is 2.53. The summed E-state index contributed by atoms with van der Waals surface area (Å²) in [6.45, 7) is 6.85. The van der Waals surface area contributed by atoms with Crippen LogP contribution in [0.25, 0.3) is 0 Å².